The molecule has 1 heterocycles. The third kappa shape index (κ3) is 1.62. The molecule has 1 aliphatic rings. The van der Waals surface area contributed by atoms with Crippen LogP contribution in [0.3, 0.4) is 0 Å². The third-order valence-corrected chi connectivity index (χ3v) is 3.31. The van der Waals surface area contributed by atoms with Crippen molar-refractivity contribution < 1.29 is 0 Å². The molecule has 0 atom stereocenters. The smallest absolute Gasteiger partial charge is 0.103 e. The maximum absolute atomic E-state index is 9.21. The second kappa shape index (κ2) is 3.74. The Balaban J connectivity index is 2.27. The predicted molar refractivity (Wildman–Crippen MR) is 67.9 cm³/mol. The first-order valence-corrected chi connectivity index (χ1v) is 5.82. The molecule has 84 valence electrons. The molecule has 2 aromatic rings. The van der Waals surface area contributed by atoms with Crippen LogP contribution in [0.5, 0.6) is 0 Å². The molecule has 1 aromatic heterocycles. The largest absolute Gasteiger partial charge is 0.370 e. The number of fused-ring (bicyclic) bond motifs is 1. The van der Waals surface area contributed by atoms with Gasteiger partial charge in [0.15, 0.2) is 0 Å². The van der Waals surface area contributed by atoms with Gasteiger partial charge in [-0.05, 0) is 18.9 Å². The normalized spacial score (nSPS) is 14.6. The van der Waals surface area contributed by atoms with Gasteiger partial charge in [-0.1, -0.05) is 18.2 Å². The van der Waals surface area contributed by atoms with Crippen LogP contribution < -0.4 is 4.90 Å². The Labute approximate surface area is 100 Å². The molecule has 0 radical (unpaired) electrons. The highest BCUT2D eigenvalue weighted by Crippen LogP contribution is 2.35. The van der Waals surface area contributed by atoms with Crippen LogP contribution in [0.25, 0.3) is 10.9 Å². The lowest BCUT2D eigenvalue weighted by molar-refractivity contribution is 0.918. The maximum Gasteiger partial charge on any atom is 0.103 e. The maximum atomic E-state index is 9.21. The van der Waals surface area contributed by atoms with Crippen molar-refractivity contribution in [2.75, 3.05) is 11.9 Å². The van der Waals surface area contributed by atoms with Gasteiger partial charge in [0.05, 0.1) is 16.8 Å². The Bertz CT molecular complexity index is 608. The summed E-state index contributed by atoms with van der Waals surface area (Å²) in [5.41, 5.74) is 2.65. The number of pyridine rings is 1. The second-order valence-electron chi connectivity index (χ2n) is 4.49. The van der Waals surface area contributed by atoms with Gasteiger partial charge in [-0.3, -0.25) is 4.98 Å². The van der Waals surface area contributed by atoms with Crippen molar-refractivity contribution in [3.8, 4) is 6.07 Å². The Hall–Kier alpha value is -2.08. The molecule has 0 unspecified atom stereocenters. The molecule has 0 bridgehead atoms. The van der Waals surface area contributed by atoms with Crippen molar-refractivity contribution in [2.45, 2.75) is 18.9 Å². The van der Waals surface area contributed by atoms with Crippen LogP contribution in [0, 0.1) is 11.3 Å². The zero-order valence-corrected chi connectivity index (χ0v) is 9.72. The van der Waals surface area contributed by atoms with Gasteiger partial charge < -0.3 is 4.90 Å². The van der Waals surface area contributed by atoms with Crippen LogP contribution in [0.1, 0.15) is 18.4 Å². The summed E-state index contributed by atoms with van der Waals surface area (Å²) in [6, 6.07) is 10.8. The Kier molecular flexibility index (Phi) is 2.22. The minimum absolute atomic E-state index is 0.591. The van der Waals surface area contributed by atoms with Gasteiger partial charge in [0, 0.05) is 24.7 Å². The number of nitrogens with zero attached hydrogens (tertiary/aromatic N) is 3. The molecule has 0 aliphatic heterocycles. The van der Waals surface area contributed by atoms with Crippen molar-refractivity contribution in [3.05, 3.63) is 36.0 Å². The van der Waals surface area contributed by atoms with Crippen molar-refractivity contribution in [2.24, 2.45) is 0 Å². The van der Waals surface area contributed by atoms with Crippen LogP contribution in [-0.2, 0) is 0 Å². The molecular weight excluding hydrogens is 210 g/mol. The molecule has 3 rings (SSSR count). The van der Waals surface area contributed by atoms with Crippen LogP contribution in [-0.4, -0.2) is 18.1 Å². The van der Waals surface area contributed by atoms with Crippen LogP contribution in [0.4, 0.5) is 5.69 Å². The van der Waals surface area contributed by atoms with Gasteiger partial charge in [0.1, 0.15) is 6.07 Å². The van der Waals surface area contributed by atoms with Crippen LogP contribution >= 0.6 is 0 Å². The summed E-state index contributed by atoms with van der Waals surface area (Å²) in [6.07, 6.45) is 4.12. The van der Waals surface area contributed by atoms with Gasteiger partial charge in [-0.2, -0.15) is 5.26 Å². The fourth-order valence-corrected chi connectivity index (χ4v) is 2.23. The van der Waals surface area contributed by atoms with Gasteiger partial charge in [-0.15, -0.1) is 0 Å². The minimum Gasteiger partial charge on any atom is -0.370 e. The molecule has 0 N–H and O–H groups in total. The second-order valence-corrected chi connectivity index (χ2v) is 4.49. The molecule has 1 saturated carbocycles. The van der Waals surface area contributed by atoms with Crippen LogP contribution in [0.2, 0.25) is 0 Å². The molecular formula is C14H13N3. The number of aromatic nitrogens is 1. The third-order valence-electron chi connectivity index (χ3n) is 3.31. The topological polar surface area (TPSA) is 39.9 Å². The number of anilines is 1. The van der Waals surface area contributed by atoms with Gasteiger partial charge >= 0.3 is 0 Å². The SMILES string of the molecule is CN(c1c(C#N)cnc2ccccc12)C1CC1. The highest BCUT2D eigenvalue weighted by Gasteiger charge is 2.28. The average Bonchev–Trinajstić information content (AvgIpc) is 3.20. The standard InChI is InChI=1S/C14H13N3/c1-17(11-6-7-11)14-10(8-15)9-16-13-5-3-2-4-12(13)14/h2-5,9,11H,6-7H2,1H3. The molecule has 1 aliphatic carbocycles. The number of para-hydroxylation sites is 1. The summed E-state index contributed by atoms with van der Waals surface area (Å²) in [6.45, 7) is 0. The van der Waals surface area contributed by atoms with E-state index in [2.05, 4.69) is 23.0 Å². The van der Waals surface area contributed by atoms with E-state index in [1.54, 1.807) is 6.20 Å². The fraction of sp³-hybridized carbons (Fsp3) is 0.286. The number of nitriles is 1. The number of hydrogen-bond donors (Lipinski definition) is 0. The van der Waals surface area contributed by atoms with E-state index in [1.807, 2.05) is 24.3 Å². The molecule has 0 amide bonds. The first kappa shape index (κ1) is 10.1. The van der Waals surface area contributed by atoms with E-state index in [4.69, 9.17) is 0 Å². The molecule has 3 nitrogen and oxygen atoms in total. The van der Waals surface area contributed by atoms with E-state index < -0.39 is 0 Å². The predicted octanol–water partition coefficient (Wildman–Crippen LogP) is 2.71. The highest BCUT2D eigenvalue weighted by molar-refractivity contribution is 5.94. The summed E-state index contributed by atoms with van der Waals surface area (Å²) >= 11 is 0. The molecule has 17 heavy (non-hydrogen) atoms. The van der Waals surface area contributed by atoms with Crippen molar-refractivity contribution >= 4 is 16.6 Å². The molecule has 3 heteroatoms. The summed E-state index contributed by atoms with van der Waals surface area (Å²) in [5.74, 6) is 0. The van der Waals surface area contributed by atoms with E-state index in [-0.39, 0.29) is 0 Å². The monoisotopic (exact) mass is 223 g/mol. The number of rotatable bonds is 2. The summed E-state index contributed by atoms with van der Waals surface area (Å²) < 4.78 is 0. The molecule has 1 aromatic carbocycles. The molecule has 0 spiro atoms. The van der Waals surface area contributed by atoms with Crippen LogP contribution in [0.15, 0.2) is 30.5 Å². The number of benzene rings is 1. The van der Waals surface area contributed by atoms with E-state index in [0.717, 1.165) is 16.6 Å². The zero-order chi connectivity index (χ0) is 11.8. The van der Waals surface area contributed by atoms with Gasteiger partial charge in [0.25, 0.3) is 0 Å². The Morgan fingerprint density at radius 2 is 2.12 bits per heavy atom. The zero-order valence-electron chi connectivity index (χ0n) is 9.72. The van der Waals surface area contributed by atoms with E-state index in [9.17, 15) is 5.26 Å². The summed E-state index contributed by atoms with van der Waals surface area (Å²) in [5, 5.41) is 10.3. The van der Waals surface area contributed by atoms with E-state index in [0.29, 0.717) is 11.6 Å². The number of hydrogen-bond acceptors (Lipinski definition) is 3. The lowest BCUT2D eigenvalue weighted by Gasteiger charge is -2.21. The van der Waals surface area contributed by atoms with Crippen molar-refractivity contribution in [3.63, 3.8) is 0 Å². The molecule has 1 fully saturated rings. The summed E-state index contributed by atoms with van der Waals surface area (Å²) in [7, 11) is 2.07. The highest BCUT2D eigenvalue weighted by atomic mass is 15.2. The van der Waals surface area contributed by atoms with Crippen molar-refractivity contribution in [1.82, 2.24) is 4.98 Å². The van der Waals surface area contributed by atoms with E-state index >= 15 is 0 Å². The Morgan fingerprint density at radius 1 is 1.35 bits per heavy atom. The minimum atomic E-state index is 0.591. The Morgan fingerprint density at radius 3 is 2.82 bits per heavy atom. The van der Waals surface area contributed by atoms with Gasteiger partial charge in [-0.25, -0.2) is 0 Å². The average molecular weight is 223 g/mol. The quantitative estimate of drug-likeness (QED) is 0.785. The van der Waals surface area contributed by atoms with Crippen molar-refractivity contribution in [1.29, 1.82) is 5.26 Å². The lowest BCUT2D eigenvalue weighted by Crippen LogP contribution is -2.21. The molecule has 0 saturated heterocycles. The fourth-order valence-electron chi connectivity index (χ4n) is 2.23. The van der Waals surface area contributed by atoms with E-state index in [1.165, 1.54) is 12.8 Å². The summed E-state index contributed by atoms with van der Waals surface area (Å²) in [4.78, 5) is 6.55. The first-order valence-electron chi connectivity index (χ1n) is 5.82. The van der Waals surface area contributed by atoms with Gasteiger partial charge in [0.2, 0.25) is 0 Å². The first-order chi connectivity index (χ1) is 8.31. The lowest BCUT2D eigenvalue weighted by atomic mass is 10.1.